The second-order valence-electron chi connectivity index (χ2n) is 5.43. The summed E-state index contributed by atoms with van der Waals surface area (Å²) in [6, 6.07) is 5.85. The molecule has 0 radical (unpaired) electrons. The maximum Gasteiger partial charge on any atom is 0.303 e. The van der Waals surface area contributed by atoms with Crippen molar-refractivity contribution in [1.82, 2.24) is 5.32 Å². The van der Waals surface area contributed by atoms with Gasteiger partial charge in [-0.05, 0) is 37.8 Å². The molecule has 0 bridgehead atoms. The van der Waals surface area contributed by atoms with Gasteiger partial charge in [-0.3, -0.25) is 9.59 Å². The minimum atomic E-state index is -0.726. The third kappa shape index (κ3) is 6.43. The highest BCUT2D eigenvalue weighted by Crippen LogP contribution is 2.13. The summed E-state index contributed by atoms with van der Waals surface area (Å²) in [4.78, 5) is 22.5. The van der Waals surface area contributed by atoms with Crippen molar-refractivity contribution in [3.63, 3.8) is 0 Å². The average Bonchev–Trinajstić information content (AvgIpc) is 2.41. The Hall–Kier alpha value is -1.84. The number of carbonyl (C=O) groups excluding carboxylic acids is 1. The number of unbranched alkanes of at least 4 members (excludes halogenated alkanes) is 4. The third-order valence-corrected chi connectivity index (χ3v) is 3.56. The van der Waals surface area contributed by atoms with E-state index in [-0.39, 0.29) is 12.3 Å². The van der Waals surface area contributed by atoms with Crippen LogP contribution < -0.4 is 5.32 Å². The van der Waals surface area contributed by atoms with Gasteiger partial charge in [0.2, 0.25) is 0 Å². The van der Waals surface area contributed by atoms with Gasteiger partial charge in [0, 0.05) is 18.5 Å². The Morgan fingerprint density at radius 2 is 1.57 bits per heavy atom. The lowest BCUT2D eigenvalue weighted by Gasteiger charge is -2.10. The van der Waals surface area contributed by atoms with Crippen LogP contribution >= 0.6 is 0 Å². The van der Waals surface area contributed by atoms with Crippen molar-refractivity contribution < 1.29 is 14.7 Å². The number of nitrogens with one attached hydrogen (secondary N) is 1. The van der Waals surface area contributed by atoms with Gasteiger partial charge in [-0.15, -0.1) is 0 Å². The number of carboxylic acid groups (broad SMARTS) is 1. The first-order chi connectivity index (χ1) is 10.0. The molecule has 0 heterocycles. The zero-order valence-electron chi connectivity index (χ0n) is 12.9. The van der Waals surface area contributed by atoms with E-state index in [1.807, 2.05) is 32.0 Å². The van der Waals surface area contributed by atoms with Crippen LogP contribution in [-0.2, 0) is 4.79 Å². The molecule has 0 atom stereocenters. The van der Waals surface area contributed by atoms with E-state index < -0.39 is 5.97 Å². The highest BCUT2D eigenvalue weighted by molar-refractivity contribution is 5.97. The monoisotopic (exact) mass is 291 g/mol. The molecule has 0 fully saturated rings. The molecular formula is C17H25NO3. The molecule has 1 aromatic carbocycles. The molecule has 0 aromatic heterocycles. The third-order valence-electron chi connectivity index (χ3n) is 3.56. The van der Waals surface area contributed by atoms with Gasteiger partial charge in [0.05, 0.1) is 0 Å². The van der Waals surface area contributed by atoms with Crippen LogP contribution in [0.2, 0.25) is 0 Å². The number of aryl methyl sites for hydroxylation is 2. The highest BCUT2D eigenvalue weighted by atomic mass is 16.4. The maximum atomic E-state index is 12.1. The Labute approximate surface area is 126 Å². The van der Waals surface area contributed by atoms with Gasteiger partial charge in [-0.1, -0.05) is 37.5 Å². The van der Waals surface area contributed by atoms with Crippen molar-refractivity contribution in [2.75, 3.05) is 6.54 Å². The van der Waals surface area contributed by atoms with Crippen LogP contribution in [0.3, 0.4) is 0 Å². The Morgan fingerprint density at radius 3 is 2.19 bits per heavy atom. The number of hydrogen-bond donors (Lipinski definition) is 2. The summed E-state index contributed by atoms with van der Waals surface area (Å²) in [5.41, 5.74) is 2.78. The van der Waals surface area contributed by atoms with E-state index in [4.69, 9.17) is 5.11 Å². The number of amides is 1. The van der Waals surface area contributed by atoms with E-state index in [1.165, 1.54) is 0 Å². The fraction of sp³-hybridized carbons (Fsp3) is 0.529. The molecule has 0 saturated carbocycles. The predicted octanol–water partition coefficient (Wildman–Crippen LogP) is 3.46. The van der Waals surface area contributed by atoms with Gasteiger partial charge in [0.25, 0.3) is 5.91 Å². The lowest BCUT2D eigenvalue weighted by Crippen LogP contribution is -2.26. The fourth-order valence-corrected chi connectivity index (χ4v) is 2.39. The Bertz CT molecular complexity index is 463. The number of aliphatic carboxylic acids is 1. The first-order valence-corrected chi connectivity index (χ1v) is 7.58. The normalized spacial score (nSPS) is 10.4. The smallest absolute Gasteiger partial charge is 0.303 e. The topological polar surface area (TPSA) is 66.4 Å². The number of hydrogen-bond acceptors (Lipinski definition) is 2. The Balaban J connectivity index is 2.18. The van der Waals surface area contributed by atoms with Crippen LogP contribution in [-0.4, -0.2) is 23.5 Å². The number of carboxylic acids is 1. The molecule has 116 valence electrons. The van der Waals surface area contributed by atoms with E-state index in [9.17, 15) is 9.59 Å². The van der Waals surface area contributed by atoms with E-state index >= 15 is 0 Å². The van der Waals surface area contributed by atoms with Gasteiger partial charge in [0.1, 0.15) is 0 Å². The molecule has 1 amide bonds. The summed E-state index contributed by atoms with van der Waals surface area (Å²) in [5, 5.41) is 11.5. The molecule has 0 spiro atoms. The highest BCUT2D eigenvalue weighted by Gasteiger charge is 2.10. The summed E-state index contributed by atoms with van der Waals surface area (Å²) in [6.07, 6.45) is 4.91. The maximum absolute atomic E-state index is 12.1. The van der Waals surface area contributed by atoms with E-state index in [1.54, 1.807) is 0 Å². The van der Waals surface area contributed by atoms with Crippen molar-refractivity contribution >= 4 is 11.9 Å². The molecule has 4 heteroatoms. The van der Waals surface area contributed by atoms with Gasteiger partial charge >= 0.3 is 5.97 Å². The molecule has 1 aromatic rings. The first kappa shape index (κ1) is 17.2. The number of carbonyl (C=O) groups is 2. The quantitative estimate of drug-likeness (QED) is 0.685. The molecule has 2 N–H and O–H groups in total. The zero-order valence-corrected chi connectivity index (χ0v) is 12.9. The van der Waals surface area contributed by atoms with Crippen LogP contribution in [0, 0.1) is 13.8 Å². The minimum Gasteiger partial charge on any atom is -0.481 e. The van der Waals surface area contributed by atoms with Crippen LogP contribution in [0.1, 0.15) is 60.0 Å². The molecule has 0 saturated heterocycles. The standard InChI is InChI=1S/C17H25NO3/c1-13-9-8-10-14(2)16(13)17(21)18-12-7-5-3-4-6-11-15(19)20/h8-10H,3-7,11-12H2,1-2H3,(H,18,21)(H,19,20). The summed E-state index contributed by atoms with van der Waals surface area (Å²) < 4.78 is 0. The van der Waals surface area contributed by atoms with Crippen molar-refractivity contribution in [2.24, 2.45) is 0 Å². The van der Waals surface area contributed by atoms with Crippen molar-refractivity contribution in [3.8, 4) is 0 Å². The summed E-state index contributed by atoms with van der Waals surface area (Å²) >= 11 is 0. The van der Waals surface area contributed by atoms with E-state index in [0.717, 1.165) is 48.8 Å². The predicted molar refractivity (Wildman–Crippen MR) is 83.6 cm³/mol. The van der Waals surface area contributed by atoms with Crippen molar-refractivity contribution in [2.45, 2.75) is 52.4 Å². The molecule has 0 unspecified atom stereocenters. The van der Waals surface area contributed by atoms with Crippen LogP contribution in [0.5, 0.6) is 0 Å². The summed E-state index contributed by atoms with van der Waals surface area (Å²) in [5.74, 6) is -0.729. The van der Waals surface area contributed by atoms with Crippen LogP contribution in [0.25, 0.3) is 0 Å². The second-order valence-corrected chi connectivity index (χ2v) is 5.43. The molecule has 21 heavy (non-hydrogen) atoms. The minimum absolute atomic E-state index is 0.00326. The number of benzene rings is 1. The summed E-state index contributed by atoms with van der Waals surface area (Å²) in [7, 11) is 0. The SMILES string of the molecule is Cc1cccc(C)c1C(=O)NCCCCCCCC(=O)O. The molecule has 1 rings (SSSR count). The van der Waals surface area contributed by atoms with Crippen molar-refractivity contribution in [1.29, 1.82) is 0 Å². The molecule has 0 aliphatic heterocycles. The Morgan fingerprint density at radius 1 is 1.00 bits per heavy atom. The molecule has 0 aliphatic carbocycles. The summed E-state index contributed by atoms with van der Waals surface area (Å²) in [6.45, 7) is 4.57. The van der Waals surface area contributed by atoms with Gasteiger partial charge in [-0.25, -0.2) is 0 Å². The molecule has 4 nitrogen and oxygen atoms in total. The lowest BCUT2D eigenvalue weighted by molar-refractivity contribution is -0.137. The van der Waals surface area contributed by atoms with Crippen LogP contribution in [0.4, 0.5) is 0 Å². The van der Waals surface area contributed by atoms with E-state index in [2.05, 4.69) is 5.32 Å². The molecule has 0 aliphatic rings. The number of rotatable bonds is 9. The van der Waals surface area contributed by atoms with Crippen molar-refractivity contribution in [3.05, 3.63) is 34.9 Å². The molecular weight excluding hydrogens is 266 g/mol. The van der Waals surface area contributed by atoms with Crippen LogP contribution in [0.15, 0.2) is 18.2 Å². The largest absolute Gasteiger partial charge is 0.481 e. The average molecular weight is 291 g/mol. The van der Waals surface area contributed by atoms with E-state index in [0.29, 0.717) is 6.54 Å². The fourth-order valence-electron chi connectivity index (χ4n) is 2.39. The van der Waals surface area contributed by atoms with Gasteiger partial charge < -0.3 is 10.4 Å². The van der Waals surface area contributed by atoms with Gasteiger partial charge in [-0.2, -0.15) is 0 Å². The lowest BCUT2D eigenvalue weighted by atomic mass is 10.0. The Kier molecular flexibility index (Phi) is 7.51. The first-order valence-electron chi connectivity index (χ1n) is 7.58. The zero-order chi connectivity index (χ0) is 15.7. The van der Waals surface area contributed by atoms with Gasteiger partial charge in [0.15, 0.2) is 0 Å². The second kappa shape index (κ2) is 9.16.